The standard InChI is InChI=1S/C73H135N9O13/c1-7-10-13-16-18-20-22-24-26-28-30-32-34-36-38-43-50-81(51-44-39-37-35-33-31-29-27-25-23-21-19-17-14-11-8-2)68(88)60-93-59-66(86)76-55-63(83)75-54-64(84)77-57-67(87)82-52-46-48-62(82)71(91)80-61(47-41-42-49-74-72(92)95-73(4,5)6)70(90)79-56-65(85)78-58-69(89)94-53-45-40-15-12-9-3/h61-62H,7-60H2,1-6H3,(H,74,92)(H,75,83)(H,76,86)(H,77,84)(H,78,85)(H,79,90)(H,80,91)/t61-,62-/m0/s1. The van der Waals surface area contributed by atoms with Crippen LogP contribution in [0.2, 0.25) is 0 Å². The number of unbranched alkanes of at least 4 members (excludes halogenated alkanes) is 35. The molecule has 1 aliphatic heterocycles. The highest BCUT2D eigenvalue weighted by atomic mass is 16.6. The van der Waals surface area contributed by atoms with Gasteiger partial charge in [-0.25, -0.2) is 4.79 Å². The molecular weight excluding hydrogens is 1210 g/mol. The van der Waals surface area contributed by atoms with Gasteiger partial charge in [0, 0.05) is 26.2 Å². The zero-order valence-corrected chi connectivity index (χ0v) is 60.5. The van der Waals surface area contributed by atoms with Crippen LogP contribution >= 0.6 is 0 Å². The van der Waals surface area contributed by atoms with E-state index < -0.39 is 104 Å². The van der Waals surface area contributed by atoms with Gasteiger partial charge in [-0.3, -0.25) is 43.2 Å². The summed E-state index contributed by atoms with van der Waals surface area (Å²) in [5, 5.41) is 17.6. The molecule has 7 N–H and O–H groups in total. The Bertz CT molecular complexity index is 2040. The van der Waals surface area contributed by atoms with Crippen molar-refractivity contribution in [3.8, 4) is 0 Å². The number of rotatable bonds is 62. The number of carbonyl (C=O) groups is 10. The van der Waals surface area contributed by atoms with Gasteiger partial charge < -0.3 is 61.2 Å². The fourth-order valence-electron chi connectivity index (χ4n) is 11.5. The second-order valence-corrected chi connectivity index (χ2v) is 27.2. The monoisotopic (exact) mass is 1350 g/mol. The second kappa shape index (κ2) is 59.7. The van der Waals surface area contributed by atoms with Crippen molar-refractivity contribution in [1.29, 1.82) is 0 Å². The Kier molecular flexibility index (Phi) is 55.0. The fraction of sp³-hybridized carbons (Fsp3) is 0.863. The highest BCUT2D eigenvalue weighted by Crippen LogP contribution is 2.20. The van der Waals surface area contributed by atoms with Gasteiger partial charge in [0.1, 0.15) is 37.4 Å². The van der Waals surface area contributed by atoms with Crippen LogP contribution in [0.5, 0.6) is 0 Å². The van der Waals surface area contributed by atoms with E-state index in [0.717, 1.165) is 70.6 Å². The third-order valence-electron chi connectivity index (χ3n) is 17.2. The van der Waals surface area contributed by atoms with Crippen LogP contribution in [0.1, 0.15) is 311 Å². The lowest BCUT2D eigenvalue weighted by Crippen LogP contribution is -2.55. The molecule has 0 unspecified atom stereocenters. The molecule has 2 atom stereocenters. The molecule has 1 fully saturated rings. The molecule has 0 radical (unpaired) electrons. The topological polar surface area (TPSA) is 289 Å². The van der Waals surface area contributed by atoms with Crippen LogP contribution in [-0.2, 0) is 57.4 Å². The van der Waals surface area contributed by atoms with Gasteiger partial charge in [0.25, 0.3) is 0 Å². The molecule has 550 valence electrons. The first-order valence-electron chi connectivity index (χ1n) is 37.8. The third kappa shape index (κ3) is 52.3. The normalized spacial score (nSPS) is 13.2. The Morgan fingerprint density at radius 2 is 0.863 bits per heavy atom. The van der Waals surface area contributed by atoms with Crippen LogP contribution in [0.3, 0.4) is 0 Å². The first-order valence-corrected chi connectivity index (χ1v) is 37.8. The second-order valence-electron chi connectivity index (χ2n) is 27.2. The van der Waals surface area contributed by atoms with Gasteiger partial charge in [-0.05, 0) is 72.1 Å². The van der Waals surface area contributed by atoms with Crippen molar-refractivity contribution in [3.63, 3.8) is 0 Å². The van der Waals surface area contributed by atoms with E-state index in [1.54, 1.807) is 20.8 Å². The van der Waals surface area contributed by atoms with Crippen molar-refractivity contribution in [1.82, 2.24) is 47.0 Å². The molecule has 1 heterocycles. The largest absolute Gasteiger partial charge is 0.464 e. The van der Waals surface area contributed by atoms with Crippen LogP contribution in [0, 0.1) is 0 Å². The molecule has 1 aliphatic rings. The number of nitrogens with one attached hydrogen (secondary N) is 7. The summed E-state index contributed by atoms with van der Waals surface area (Å²) < 4.78 is 16.0. The van der Waals surface area contributed by atoms with E-state index in [2.05, 4.69) is 58.0 Å². The van der Waals surface area contributed by atoms with Gasteiger partial charge in [0.2, 0.25) is 47.3 Å². The summed E-state index contributed by atoms with van der Waals surface area (Å²) in [5.74, 6) is -5.25. The molecule has 22 nitrogen and oxygen atoms in total. The summed E-state index contributed by atoms with van der Waals surface area (Å²) >= 11 is 0. The van der Waals surface area contributed by atoms with Gasteiger partial charge in [-0.1, -0.05) is 239 Å². The van der Waals surface area contributed by atoms with E-state index in [1.165, 1.54) is 172 Å². The fourth-order valence-corrected chi connectivity index (χ4v) is 11.5. The van der Waals surface area contributed by atoms with Crippen molar-refractivity contribution in [2.24, 2.45) is 0 Å². The molecule has 9 amide bonds. The highest BCUT2D eigenvalue weighted by Gasteiger charge is 2.36. The lowest BCUT2D eigenvalue weighted by molar-refractivity contribution is -0.144. The number of nitrogens with zero attached hydrogens (tertiary/aromatic N) is 2. The minimum atomic E-state index is -1.14. The summed E-state index contributed by atoms with van der Waals surface area (Å²) in [4.78, 5) is 132. The molecule has 0 bridgehead atoms. The Balaban J connectivity index is 2.61. The molecule has 0 saturated carbocycles. The summed E-state index contributed by atoms with van der Waals surface area (Å²) in [5.41, 5.74) is -0.694. The van der Waals surface area contributed by atoms with Crippen molar-refractivity contribution >= 4 is 59.3 Å². The van der Waals surface area contributed by atoms with E-state index >= 15 is 0 Å². The van der Waals surface area contributed by atoms with Crippen molar-refractivity contribution in [3.05, 3.63) is 0 Å². The smallest absolute Gasteiger partial charge is 0.407 e. The van der Waals surface area contributed by atoms with Crippen LogP contribution in [0.15, 0.2) is 0 Å². The summed E-state index contributed by atoms with van der Waals surface area (Å²) in [6, 6.07) is -2.12. The molecule has 0 aromatic heterocycles. The summed E-state index contributed by atoms with van der Waals surface area (Å²) in [6.07, 6.45) is 46.8. The predicted octanol–water partition coefficient (Wildman–Crippen LogP) is 11.6. The van der Waals surface area contributed by atoms with Crippen LogP contribution in [-0.4, -0.2) is 166 Å². The maximum atomic E-state index is 13.8. The SMILES string of the molecule is CCCCCCCCCCCCCCCCCCN(CCCCCCCCCCCCCCCCCC)C(=O)COCC(=O)NCC(=O)NCC(=O)NCC(=O)N1CCC[C@H]1C(=O)N[C@@H](CCCCNC(=O)OC(C)(C)C)C(=O)NCC(=O)NCC(=O)OCCCCCCC. The quantitative estimate of drug-likeness (QED) is 0.0220. The molecule has 0 spiro atoms. The summed E-state index contributed by atoms with van der Waals surface area (Å²) in [6.45, 7) is 10.8. The number of ether oxygens (including phenoxy) is 3. The third-order valence-corrected chi connectivity index (χ3v) is 17.2. The molecule has 0 aromatic rings. The van der Waals surface area contributed by atoms with E-state index in [1.807, 2.05) is 4.90 Å². The maximum Gasteiger partial charge on any atom is 0.407 e. The zero-order valence-electron chi connectivity index (χ0n) is 60.5. The Hall–Kier alpha value is -5.54. The Morgan fingerprint density at radius 3 is 1.33 bits per heavy atom. The lowest BCUT2D eigenvalue weighted by Gasteiger charge is -2.26. The van der Waals surface area contributed by atoms with Gasteiger partial charge in [-0.15, -0.1) is 0 Å². The number of esters is 1. The van der Waals surface area contributed by atoms with Crippen molar-refractivity contribution in [2.45, 2.75) is 329 Å². The first kappa shape index (κ1) is 87.5. The Labute approximate surface area is 573 Å². The van der Waals surface area contributed by atoms with Crippen LogP contribution in [0.4, 0.5) is 4.79 Å². The minimum Gasteiger partial charge on any atom is -0.464 e. The molecule has 0 aliphatic carbocycles. The zero-order chi connectivity index (χ0) is 69.8. The predicted molar refractivity (Wildman–Crippen MR) is 376 cm³/mol. The number of amides is 9. The van der Waals surface area contributed by atoms with Crippen molar-refractivity contribution < 1.29 is 62.2 Å². The number of alkyl carbamates (subject to hydrolysis) is 1. The van der Waals surface area contributed by atoms with E-state index in [9.17, 15) is 47.9 Å². The highest BCUT2D eigenvalue weighted by molar-refractivity contribution is 5.95. The van der Waals surface area contributed by atoms with Gasteiger partial charge in [-0.2, -0.15) is 0 Å². The number of hydrogen-bond acceptors (Lipinski definition) is 13. The first-order chi connectivity index (χ1) is 45.9. The van der Waals surface area contributed by atoms with Gasteiger partial charge in [0.15, 0.2) is 0 Å². The average Bonchev–Trinajstić information content (AvgIpc) is 1.83. The molecule has 0 aromatic carbocycles. The van der Waals surface area contributed by atoms with Gasteiger partial charge >= 0.3 is 12.1 Å². The van der Waals surface area contributed by atoms with E-state index in [0.29, 0.717) is 32.4 Å². The van der Waals surface area contributed by atoms with Crippen LogP contribution < -0.4 is 37.2 Å². The maximum absolute atomic E-state index is 13.8. The number of likely N-dealkylation sites (tertiary alicyclic amines) is 1. The number of hydrogen-bond donors (Lipinski definition) is 7. The molecule has 1 rings (SSSR count). The molecule has 22 heteroatoms. The number of carbonyl (C=O) groups excluding carboxylic acids is 10. The lowest BCUT2D eigenvalue weighted by atomic mass is 10.0. The molecular formula is C73H135N9O13. The van der Waals surface area contributed by atoms with E-state index in [4.69, 9.17) is 14.2 Å². The van der Waals surface area contributed by atoms with Crippen LogP contribution in [0.25, 0.3) is 0 Å². The minimum absolute atomic E-state index is 0.110. The van der Waals surface area contributed by atoms with E-state index in [-0.39, 0.29) is 51.6 Å². The molecule has 95 heavy (non-hydrogen) atoms. The Morgan fingerprint density at radius 1 is 0.453 bits per heavy atom. The molecule has 1 saturated heterocycles. The van der Waals surface area contributed by atoms with Gasteiger partial charge in [0.05, 0.1) is 32.8 Å². The van der Waals surface area contributed by atoms with Crippen molar-refractivity contribution in [2.75, 3.05) is 78.7 Å². The average molecular weight is 1350 g/mol. The summed E-state index contributed by atoms with van der Waals surface area (Å²) in [7, 11) is 0.